The summed E-state index contributed by atoms with van der Waals surface area (Å²) in [4.78, 5) is 15.5. The number of aryl methyl sites for hydroxylation is 1. The Morgan fingerprint density at radius 1 is 1.47 bits per heavy atom. The third-order valence-electron chi connectivity index (χ3n) is 2.24. The highest BCUT2D eigenvalue weighted by Crippen LogP contribution is 2.31. The largest absolute Gasteiger partial charge is 0.506 e. The summed E-state index contributed by atoms with van der Waals surface area (Å²) in [7, 11) is 1.59. The van der Waals surface area contributed by atoms with Crippen molar-refractivity contribution < 1.29 is 9.84 Å². The average molecular weight is 233 g/mol. The van der Waals surface area contributed by atoms with E-state index in [4.69, 9.17) is 10.5 Å². The first-order chi connectivity index (χ1) is 8.09. The Balaban J connectivity index is 2.42. The Morgan fingerprint density at radius 2 is 2.24 bits per heavy atom. The normalized spacial score (nSPS) is 10.2. The van der Waals surface area contributed by atoms with Gasteiger partial charge < -0.3 is 20.1 Å². The second-order valence-corrected chi connectivity index (χ2v) is 3.44. The Bertz CT molecular complexity index is 607. The van der Waals surface area contributed by atoms with Gasteiger partial charge in [-0.2, -0.15) is 0 Å². The molecule has 1 heterocycles. The first kappa shape index (κ1) is 11.0. The summed E-state index contributed by atoms with van der Waals surface area (Å²) in [5.41, 5.74) is 5.30. The van der Waals surface area contributed by atoms with Crippen molar-refractivity contribution in [1.29, 1.82) is 0 Å². The van der Waals surface area contributed by atoms with Gasteiger partial charge in [0.05, 0.1) is 0 Å². The number of phenolic OH excluding ortho intramolecular Hbond substituents is 1. The van der Waals surface area contributed by atoms with Crippen molar-refractivity contribution in [1.82, 2.24) is 9.55 Å². The maximum atomic E-state index is 11.6. The lowest BCUT2D eigenvalue weighted by Gasteiger charge is -2.08. The molecule has 0 aliphatic heterocycles. The number of nitrogens with two attached hydrogens (primary N) is 1. The molecule has 2 aromatic rings. The number of hydrogen-bond donors (Lipinski definition) is 2. The molecule has 0 saturated heterocycles. The molecule has 0 unspecified atom stereocenters. The number of rotatable bonds is 2. The summed E-state index contributed by atoms with van der Waals surface area (Å²) in [6.07, 6.45) is 2.96. The van der Waals surface area contributed by atoms with Crippen LogP contribution in [0.3, 0.4) is 0 Å². The predicted molar refractivity (Wildman–Crippen MR) is 62.1 cm³/mol. The van der Waals surface area contributed by atoms with E-state index >= 15 is 0 Å². The summed E-state index contributed by atoms with van der Waals surface area (Å²) in [6.45, 7) is 0. The molecule has 0 saturated carbocycles. The van der Waals surface area contributed by atoms with Crippen molar-refractivity contribution in [3.05, 3.63) is 40.9 Å². The minimum absolute atomic E-state index is 0.0696. The number of nitrogen functional groups attached to an aromatic ring is 1. The predicted octanol–water partition coefficient (Wildman–Crippen LogP) is 0.860. The van der Waals surface area contributed by atoms with Crippen LogP contribution in [-0.4, -0.2) is 14.7 Å². The van der Waals surface area contributed by atoms with Crippen LogP contribution in [0.2, 0.25) is 0 Å². The lowest BCUT2D eigenvalue weighted by molar-refractivity contribution is 0.440. The van der Waals surface area contributed by atoms with Gasteiger partial charge in [-0.15, -0.1) is 0 Å². The molecule has 0 spiro atoms. The van der Waals surface area contributed by atoms with Gasteiger partial charge in [0.25, 0.3) is 5.88 Å². The van der Waals surface area contributed by atoms with E-state index in [9.17, 15) is 9.90 Å². The summed E-state index contributed by atoms with van der Waals surface area (Å²) in [5.74, 6) is 0.00311. The Kier molecular flexibility index (Phi) is 2.70. The molecule has 0 aliphatic carbocycles. The monoisotopic (exact) mass is 233 g/mol. The fraction of sp³-hybridized carbons (Fsp3) is 0.0909. The lowest BCUT2D eigenvalue weighted by Crippen LogP contribution is -2.18. The number of phenols is 1. The van der Waals surface area contributed by atoms with Crippen LogP contribution in [0.4, 0.5) is 5.69 Å². The highest BCUT2D eigenvalue weighted by Gasteiger charge is 2.09. The highest BCUT2D eigenvalue weighted by atomic mass is 16.5. The molecule has 0 atom stereocenters. The van der Waals surface area contributed by atoms with E-state index in [1.54, 1.807) is 19.2 Å². The number of benzene rings is 1. The van der Waals surface area contributed by atoms with Crippen molar-refractivity contribution in [2.75, 3.05) is 5.73 Å². The van der Waals surface area contributed by atoms with E-state index in [2.05, 4.69) is 4.98 Å². The quantitative estimate of drug-likeness (QED) is 0.593. The number of ether oxygens (including phenoxy) is 1. The summed E-state index contributed by atoms with van der Waals surface area (Å²) in [6, 6.07) is 4.54. The molecule has 6 nitrogen and oxygen atoms in total. The van der Waals surface area contributed by atoms with Gasteiger partial charge in [-0.25, -0.2) is 4.98 Å². The van der Waals surface area contributed by atoms with Gasteiger partial charge in [0.1, 0.15) is 11.4 Å². The summed E-state index contributed by atoms with van der Waals surface area (Å²) in [5, 5.41) is 9.39. The lowest BCUT2D eigenvalue weighted by atomic mass is 10.3. The fourth-order valence-corrected chi connectivity index (χ4v) is 1.27. The van der Waals surface area contributed by atoms with Crippen LogP contribution in [-0.2, 0) is 7.05 Å². The second-order valence-electron chi connectivity index (χ2n) is 3.44. The third-order valence-corrected chi connectivity index (χ3v) is 2.24. The van der Waals surface area contributed by atoms with E-state index in [1.165, 1.54) is 23.0 Å². The molecule has 1 aromatic heterocycles. The maximum Gasteiger partial charge on any atom is 0.313 e. The first-order valence-electron chi connectivity index (χ1n) is 4.86. The van der Waals surface area contributed by atoms with Crippen LogP contribution in [0.5, 0.6) is 17.4 Å². The second kappa shape index (κ2) is 4.17. The van der Waals surface area contributed by atoms with Gasteiger partial charge in [0, 0.05) is 19.4 Å². The van der Waals surface area contributed by atoms with Gasteiger partial charge in [-0.05, 0) is 12.1 Å². The summed E-state index contributed by atoms with van der Waals surface area (Å²) < 4.78 is 6.61. The standard InChI is InChI=1S/C11H11N3O3/c1-14-6-5-13-10(11(14)16)17-8-4-2-3-7(15)9(8)12/h2-6,15H,12H2,1H3. The highest BCUT2D eigenvalue weighted by molar-refractivity contribution is 5.62. The number of nitrogens with zero attached hydrogens (tertiary/aromatic N) is 2. The van der Waals surface area contributed by atoms with Crippen molar-refractivity contribution in [2.45, 2.75) is 0 Å². The Morgan fingerprint density at radius 3 is 3.00 bits per heavy atom. The zero-order valence-electron chi connectivity index (χ0n) is 9.12. The number of aromatic hydroxyl groups is 1. The number of para-hydroxylation sites is 1. The van der Waals surface area contributed by atoms with Gasteiger partial charge in [0.2, 0.25) is 0 Å². The van der Waals surface area contributed by atoms with Gasteiger partial charge in [-0.3, -0.25) is 4.79 Å². The van der Waals surface area contributed by atoms with Gasteiger partial charge >= 0.3 is 5.56 Å². The molecule has 3 N–H and O–H groups in total. The topological polar surface area (TPSA) is 90.4 Å². The molecule has 0 aliphatic rings. The van der Waals surface area contributed by atoms with E-state index in [1.807, 2.05) is 0 Å². The minimum atomic E-state index is -0.379. The van der Waals surface area contributed by atoms with Crippen LogP contribution in [0.1, 0.15) is 0 Å². The molecular formula is C11H11N3O3. The smallest absolute Gasteiger partial charge is 0.313 e. The molecule has 0 fully saturated rings. The van der Waals surface area contributed by atoms with Gasteiger partial charge in [0.15, 0.2) is 5.75 Å². The van der Waals surface area contributed by atoms with E-state index in [-0.39, 0.29) is 28.6 Å². The molecule has 0 amide bonds. The molecule has 0 radical (unpaired) electrons. The van der Waals surface area contributed by atoms with Crippen LogP contribution in [0.15, 0.2) is 35.4 Å². The van der Waals surface area contributed by atoms with E-state index in [0.29, 0.717) is 0 Å². The summed E-state index contributed by atoms with van der Waals surface area (Å²) >= 11 is 0. The molecule has 88 valence electrons. The van der Waals surface area contributed by atoms with E-state index in [0.717, 1.165) is 0 Å². The van der Waals surface area contributed by atoms with Crippen molar-refractivity contribution in [3.63, 3.8) is 0 Å². The van der Waals surface area contributed by atoms with Gasteiger partial charge in [-0.1, -0.05) is 6.07 Å². The number of anilines is 1. The average Bonchev–Trinajstić information content (AvgIpc) is 2.31. The molecule has 6 heteroatoms. The van der Waals surface area contributed by atoms with E-state index < -0.39 is 0 Å². The molecular weight excluding hydrogens is 222 g/mol. The first-order valence-corrected chi connectivity index (χ1v) is 4.86. The number of aromatic nitrogens is 2. The molecule has 17 heavy (non-hydrogen) atoms. The number of hydrogen-bond acceptors (Lipinski definition) is 5. The van der Waals surface area contributed by atoms with Crippen LogP contribution >= 0.6 is 0 Å². The van der Waals surface area contributed by atoms with Crippen LogP contribution < -0.4 is 16.0 Å². The molecule has 2 rings (SSSR count). The SMILES string of the molecule is Cn1ccnc(Oc2cccc(O)c2N)c1=O. The Hall–Kier alpha value is -2.50. The van der Waals surface area contributed by atoms with Crippen LogP contribution in [0, 0.1) is 0 Å². The van der Waals surface area contributed by atoms with Crippen molar-refractivity contribution >= 4 is 5.69 Å². The minimum Gasteiger partial charge on any atom is -0.506 e. The van der Waals surface area contributed by atoms with Crippen molar-refractivity contribution in [3.8, 4) is 17.4 Å². The van der Waals surface area contributed by atoms with Crippen LogP contribution in [0.25, 0.3) is 0 Å². The molecule has 0 bridgehead atoms. The molecule has 1 aromatic carbocycles. The zero-order chi connectivity index (χ0) is 12.4. The third kappa shape index (κ3) is 2.05. The maximum absolute atomic E-state index is 11.6. The van der Waals surface area contributed by atoms with Crippen molar-refractivity contribution in [2.24, 2.45) is 7.05 Å². The zero-order valence-corrected chi connectivity index (χ0v) is 9.12. The fourth-order valence-electron chi connectivity index (χ4n) is 1.27. The Labute approximate surface area is 96.9 Å².